The minimum atomic E-state index is -0.829. The zero-order valence-corrected chi connectivity index (χ0v) is 11.1. The molecule has 0 aliphatic heterocycles. The zero-order valence-electron chi connectivity index (χ0n) is 10.3. The summed E-state index contributed by atoms with van der Waals surface area (Å²) in [7, 11) is 0. The van der Waals surface area contributed by atoms with Gasteiger partial charge in [-0.2, -0.15) is 0 Å². The first-order chi connectivity index (χ1) is 8.10. The Labute approximate surface area is 113 Å². The van der Waals surface area contributed by atoms with Crippen LogP contribution in [0.4, 0.5) is 0 Å². The molecule has 0 aliphatic rings. The number of Topliss-reactive ketones (excluding diaryl/α,β-unsaturated/α-hetero) is 1. The molecule has 1 aromatic rings. The number of hydrogen-bond acceptors (Lipinski definition) is 3. The third-order valence-corrected chi connectivity index (χ3v) is 2.70. The zero-order chi connectivity index (χ0) is 12.8. The number of carbonyl (C=O) groups is 2. The Balaban J connectivity index is 0.00000289. The first-order valence-electron chi connectivity index (χ1n) is 5.66. The molecule has 0 radical (unpaired) electrons. The van der Waals surface area contributed by atoms with E-state index in [2.05, 4.69) is 0 Å². The maximum atomic E-state index is 11.3. The van der Waals surface area contributed by atoms with Crippen LogP contribution in [0.1, 0.15) is 41.6 Å². The van der Waals surface area contributed by atoms with Gasteiger partial charge in [0.2, 0.25) is 0 Å². The van der Waals surface area contributed by atoms with Gasteiger partial charge in [0.25, 0.3) is 0 Å². The number of halogens is 1. The number of rotatable bonds is 6. The Morgan fingerprint density at radius 2 is 1.83 bits per heavy atom. The average Bonchev–Trinajstić information content (AvgIpc) is 2.35. The van der Waals surface area contributed by atoms with Crippen LogP contribution < -0.4 is 5.73 Å². The quantitative estimate of drug-likeness (QED) is 0.778. The molecular weight excluding hydrogens is 254 g/mol. The van der Waals surface area contributed by atoms with Gasteiger partial charge in [0.15, 0.2) is 5.78 Å². The van der Waals surface area contributed by atoms with Crippen molar-refractivity contribution in [2.45, 2.75) is 25.7 Å². The number of benzene rings is 1. The van der Waals surface area contributed by atoms with Gasteiger partial charge in [-0.15, -0.1) is 12.4 Å². The molecule has 0 aliphatic carbocycles. The number of nitrogens with two attached hydrogens (primary N) is 1. The highest BCUT2D eigenvalue weighted by Crippen LogP contribution is 2.22. The van der Waals surface area contributed by atoms with Gasteiger partial charge in [-0.3, -0.25) is 9.59 Å². The third kappa shape index (κ3) is 4.13. The highest BCUT2D eigenvalue weighted by Gasteiger charge is 2.18. The number of ketones is 1. The average molecular weight is 272 g/mol. The van der Waals surface area contributed by atoms with Gasteiger partial charge >= 0.3 is 5.97 Å². The summed E-state index contributed by atoms with van der Waals surface area (Å²) in [5.41, 5.74) is 6.51. The van der Waals surface area contributed by atoms with Gasteiger partial charge in [0, 0.05) is 5.56 Å². The molecule has 4 nitrogen and oxygen atoms in total. The minimum Gasteiger partial charge on any atom is -0.481 e. The van der Waals surface area contributed by atoms with Gasteiger partial charge in [-0.25, -0.2) is 0 Å². The fourth-order valence-electron chi connectivity index (χ4n) is 1.74. The molecule has 3 N–H and O–H groups in total. The summed E-state index contributed by atoms with van der Waals surface area (Å²) in [6, 6.07) is 6.65. The van der Waals surface area contributed by atoms with E-state index < -0.39 is 11.9 Å². The number of carbonyl (C=O) groups excluding carboxylic acids is 1. The molecule has 1 atom stereocenters. The Bertz CT molecular complexity index is 403. The van der Waals surface area contributed by atoms with Crippen LogP contribution in [0.25, 0.3) is 0 Å². The Morgan fingerprint density at radius 1 is 1.28 bits per heavy atom. The molecule has 1 rings (SSSR count). The van der Waals surface area contributed by atoms with Crippen molar-refractivity contribution in [2.24, 2.45) is 5.73 Å². The molecule has 0 spiro atoms. The molecule has 1 aromatic carbocycles. The highest BCUT2D eigenvalue weighted by molar-refractivity contribution is 5.97. The summed E-state index contributed by atoms with van der Waals surface area (Å²) >= 11 is 0. The first kappa shape index (κ1) is 16.6. The molecule has 0 saturated heterocycles. The molecule has 0 saturated carbocycles. The van der Waals surface area contributed by atoms with Crippen LogP contribution >= 0.6 is 12.4 Å². The highest BCUT2D eigenvalue weighted by atomic mass is 35.5. The van der Waals surface area contributed by atoms with Gasteiger partial charge < -0.3 is 10.8 Å². The first-order valence-corrected chi connectivity index (χ1v) is 5.66. The summed E-state index contributed by atoms with van der Waals surface area (Å²) in [6.07, 6.45) is 1.40. The smallest absolute Gasteiger partial charge is 0.310 e. The van der Waals surface area contributed by atoms with Crippen molar-refractivity contribution in [1.29, 1.82) is 0 Å². The summed E-state index contributed by atoms with van der Waals surface area (Å²) in [4.78, 5) is 22.4. The second-order valence-corrected chi connectivity index (χ2v) is 3.93. The lowest BCUT2D eigenvalue weighted by atomic mass is 9.93. The Hall–Kier alpha value is -1.39. The Morgan fingerprint density at radius 3 is 2.22 bits per heavy atom. The van der Waals surface area contributed by atoms with Crippen molar-refractivity contribution in [3.63, 3.8) is 0 Å². The van der Waals surface area contributed by atoms with Crippen LogP contribution in [0.3, 0.4) is 0 Å². The van der Waals surface area contributed by atoms with E-state index in [9.17, 15) is 9.59 Å². The molecule has 0 amide bonds. The van der Waals surface area contributed by atoms with Gasteiger partial charge in [-0.1, -0.05) is 37.6 Å². The Kier molecular flexibility index (Phi) is 7.24. The largest absolute Gasteiger partial charge is 0.481 e. The minimum absolute atomic E-state index is 0. The SMILES string of the molecule is CCCC(C(=O)O)c1ccc(C(=O)CN)cc1.Cl. The fraction of sp³-hybridized carbons (Fsp3) is 0.385. The molecule has 0 aromatic heterocycles. The van der Waals surface area contributed by atoms with Crippen molar-refractivity contribution in [1.82, 2.24) is 0 Å². The van der Waals surface area contributed by atoms with Crippen LogP contribution in [-0.2, 0) is 4.79 Å². The molecule has 18 heavy (non-hydrogen) atoms. The fourth-order valence-corrected chi connectivity index (χ4v) is 1.74. The van der Waals surface area contributed by atoms with Gasteiger partial charge in [-0.05, 0) is 12.0 Å². The lowest BCUT2D eigenvalue weighted by molar-refractivity contribution is -0.139. The lowest BCUT2D eigenvalue weighted by Crippen LogP contribution is -2.14. The maximum absolute atomic E-state index is 11.3. The second kappa shape index (κ2) is 7.84. The topological polar surface area (TPSA) is 80.4 Å². The summed E-state index contributed by atoms with van der Waals surface area (Å²) in [5, 5.41) is 9.10. The summed E-state index contributed by atoms with van der Waals surface area (Å²) in [5.74, 6) is -1.47. The molecule has 1 unspecified atom stereocenters. The molecular formula is C13H18ClNO3. The predicted octanol–water partition coefficient (Wildman–Crippen LogP) is 2.22. The van der Waals surface area contributed by atoms with Crippen LogP contribution in [0.2, 0.25) is 0 Å². The third-order valence-electron chi connectivity index (χ3n) is 2.70. The van der Waals surface area contributed by atoms with E-state index in [1.54, 1.807) is 24.3 Å². The molecule has 0 fully saturated rings. The number of aliphatic carboxylic acids is 1. The van der Waals surface area contributed by atoms with Crippen LogP contribution in [0.5, 0.6) is 0 Å². The monoisotopic (exact) mass is 271 g/mol. The van der Waals surface area contributed by atoms with Gasteiger partial charge in [0.05, 0.1) is 12.5 Å². The van der Waals surface area contributed by atoms with Gasteiger partial charge in [0.1, 0.15) is 0 Å². The second-order valence-electron chi connectivity index (χ2n) is 3.93. The van der Waals surface area contributed by atoms with E-state index in [0.717, 1.165) is 12.0 Å². The van der Waals surface area contributed by atoms with Crippen molar-refractivity contribution in [3.8, 4) is 0 Å². The standard InChI is InChI=1S/C13H17NO3.ClH/c1-2-3-11(13(16)17)9-4-6-10(7-5-9)12(15)8-14;/h4-7,11H,2-3,8,14H2,1H3,(H,16,17);1H. The van der Waals surface area contributed by atoms with E-state index >= 15 is 0 Å². The van der Waals surface area contributed by atoms with Crippen LogP contribution in [0, 0.1) is 0 Å². The van der Waals surface area contributed by atoms with Crippen LogP contribution in [0.15, 0.2) is 24.3 Å². The van der Waals surface area contributed by atoms with E-state index in [-0.39, 0.29) is 24.7 Å². The van der Waals surface area contributed by atoms with E-state index in [0.29, 0.717) is 12.0 Å². The van der Waals surface area contributed by atoms with E-state index in [4.69, 9.17) is 10.8 Å². The van der Waals surface area contributed by atoms with Crippen LogP contribution in [-0.4, -0.2) is 23.4 Å². The van der Waals surface area contributed by atoms with Crippen molar-refractivity contribution >= 4 is 24.2 Å². The lowest BCUT2D eigenvalue weighted by Gasteiger charge is -2.11. The van der Waals surface area contributed by atoms with E-state index in [1.165, 1.54) is 0 Å². The molecule has 0 bridgehead atoms. The van der Waals surface area contributed by atoms with Crippen molar-refractivity contribution < 1.29 is 14.7 Å². The normalized spacial score (nSPS) is 11.4. The molecule has 5 heteroatoms. The number of carboxylic acids is 1. The molecule has 100 valence electrons. The summed E-state index contributed by atoms with van der Waals surface area (Å²) < 4.78 is 0. The van der Waals surface area contributed by atoms with E-state index in [1.807, 2.05) is 6.92 Å². The summed E-state index contributed by atoms with van der Waals surface area (Å²) in [6.45, 7) is 1.92. The van der Waals surface area contributed by atoms with Crippen molar-refractivity contribution in [3.05, 3.63) is 35.4 Å². The number of carboxylic acid groups (broad SMARTS) is 1. The predicted molar refractivity (Wildman–Crippen MR) is 72.4 cm³/mol. The molecule has 0 heterocycles. The van der Waals surface area contributed by atoms with Crippen molar-refractivity contribution in [2.75, 3.05) is 6.54 Å². The maximum Gasteiger partial charge on any atom is 0.310 e. The number of hydrogen-bond donors (Lipinski definition) is 2.